The van der Waals surface area contributed by atoms with Gasteiger partial charge in [0.05, 0.1) is 13.7 Å². The van der Waals surface area contributed by atoms with Gasteiger partial charge in [-0.05, 0) is 90.5 Å². The van der Waals surface area contributed by atoms with Gasteiger partial charge in [-0.25, -0.2) is 0 Å². The largest absolute Gasteiger partial charge is 0.486 e. The molecule has 0 N–H and O–H groups in total. The van der Waals surface area contributed by atoms with Crippen molar-refractivity contribution in [1.29, 1.82) is 0 Å². The van der Waals surface area contributed by atoms with Gasteiger partial charge in [0.15, 0.2) is 0 Å². The Labute approximate surface area is 328 Å². The minimum absolute atomic E-state index is 0. The second kappa shape index (κ2) is 16.5. The van der Waals surface area contributed by atoms with Crippen LogP contribution in [0.2, 0.25) is 19.6 Å². The molecular formula is C46H50FIrN3OSi-2. The van der Waals surface area contributed by atoms with Crippen molar-refractivity contribution in [2.24, 2.45) is 23.7 Å². The molecule has 277 valence electrons. The summed E-state index contributed by atoms with van der Waals surface area (Å²) < 4.78 is 19.5. The van der Waals surface area contributed by atoms with Gasteiger partial charge in [0.2, 0.25) is 11.7 Å². The second-order valence-electron chi connectivity index (χ2n) is 16.7. The van der Waals surface area contributed by atoms with E-state index in [1.807, 2.05) is 30.5 Å². The predicted molar refractivity (Wildman–Crippen MR) is 213 cm³/mol. The zero-order valence-corrected chi connectivity index (χ0v) is 34.7. The van der Waals surface area contributed by atoms with Crippen LogP contribution in [-0.2, 0) is 32.9 Å². The van der Waals surface area contributed by atoms with Crippen molar-refractivity contribution in [3.8, 4) is 22.5 Å². The van der Waals surface area contributed by atoms with Gasteiger partial charge in [-0.3, -0.25) is 0 Å². The molecule has 4 aliphatic rings. The van der Waals surface area contributed by atoms with E-state index in [0.29, 0.717) is 11.3 Å². The Bertz CT molecular complexity index is 2150. The molecule has 6 aromatic rings. The minimum Gasteiger partial charge on any atom is -0.486 e. The molecule has 4 fully saturated rings. The van der Waals surface area contributed by atoms with Crippen LogP contribution in [-0.4, -0.2) is 23.0 Å². The summed E-state index contributed by atoms with van der Waals surface area (Å²) in [6, 6.07) is 28.4. The zero-order valence-electron chi connectivity index (χ0n) is 31.3. The van der Waals surface area contributed by atoms with Gasteiger partial charge < -0.3 is 14.4 Å². The summed E-state index contributed by atoms with van der Waals surface area (Å²) in [5, 5.41) is 3.27. The summed E-state index contributed by atoms with van der Waals surface area (Å²) in [6.07, 6.45) is 20.5. The third kappa shape index (κ3) is 8.58. The molecule has 0 amide bonds. The quantitative estimate of drug-likeness (QED) is 0.0910. The molecule has 4 aromatic heterocycles. The van der Waals surface area contributed by atoms with Crippen molar-refractivity contribution in [3.05, 3.63) is 108 Å². The molecular weight excluding hydrogens is 850 g/mol. The first-order chi connectivity index (χ1) is 25.3. The number of hydrogen-bond acceptors (Lipinski definition) is 4. The van der Waals surface area contributed by atoms with E-state index < -0.39 is 14.0 Å². The van der Waals surface area contributed by atoms with Crippen LogP contribution < -0.4 is 5.19 Å². The monoisotopic (exact) mass is 900 g/mol. The van der Waals surface area contributed by atoms with Gasteiger partial charge in [0.1, 0.15) is 0 Å². The molecule has 0 saturated heterocycles. The maximum Gasteiger partial charge on any atom is 0.218 e. The molecule has 1 atom stereocenters. The topological polar surface area (TPSA) is 51.8 Å². The normalized spacial score (nSPS) is 20.2. The number of pyridine rings is 3. The third-order valence-electron chi connectivity index (χ3n) is 12.1. The number of fused-ring (bicyclic) bond motifs is 6. The number of furan rings is 1. The Balaban J connectivity index is 0.000000166. The van der Waals surface area contributed by atoms with E-state index in [2.05, 4.69) is 78.3 Å². The standard InChI is InChI=1S/C25H22FN2O.C21H28NSi.Ir/c26-23-9-8-20-19-2-1-3-21(24(19)29-25(20)28-23)22-14-16(10-11-27-22)13-18-12-15-4-6-17(18)7-5-15;1-23(2,3)21-16-22-20(18-12-8-5-9-13-18)15-19(21)14-17-10-6-4-7-11-17;/h1-2,8-11,14-15,17-18H,4-7,12-13H2;5,8-9,12,15-17H,4,6-7,10-11,14H2,1-3H3;/q2*-1;. The average molecular weight is 900 g/mol. The fourth-order valence-corrected chi connectivity index (χ4v) is 10.9. The van der Waals surface area contributed by atoms with E-state index in [4.69, 9.17) is 9.40 Å². The van der Waals surface area contributed by atoms with E-state index in [1.165, 1.54) is 82.3 Å². The van der Waals surface area contributed by atoms with Crippen molar-refractivity contribution < 1.29 is 28.9 Å². The van der Waals surface area contributed by atoms with E-state index in [1.54, 1.807) is 16.8 Å². The summed E-state index contributed by atoms with van der Waals surface area (Å²) in [7, 11) is -1.36. The zero-order chi connectivity index (χ0) is 35.7. The molecule has 53 heavy (non-hydrogen) atoms. The molecule has 1 radical (unpaired) electrons. The maximum atomic E-state index is 13.5. The Morgan fingerprint density at radius 1 is 0.811 bits per heavy atom. The van der Waals surface area contributed by atoms with Gasteiger partial charge in [-0.1, -0.05) is 98.8 Å². The SMILES string of the molecule is C[Si](C)(C)c1cnc(-c2[c-]cccc2)cc1CC1CCCCC1.Fc1ccc2c(n1)oc1c(-c3cc(CC4CC5CCC4CC5)ccn3)[c-]ccc12.[Ir]. The number of benzene rings is 2. The second-order valence-corrected chi connectivity index (χ2v) is 21.7. The molecule has 7 heteroatoms. The molecule has 1 unspecified atom stereocenters. The first kappa shape index (κ1) is 37.8. The summed E-state index contributed by atoms with van der Waals surface area (Å²) in [6.45, 7) is 7.30. The van der Waals surface area contributed by atoms with Gasteiger partial charge in [-0.15, -0.1) is 54.1 Å². The van der Waals surface area contributed by atoms with Gasteiger partial charge in [0.25, 0.3) is 0 Å². The van der Waals surface area contributed by atoms with Gasteiger partial charge >= 0.3 is 0 Å². The minimum atomic E-state index is -1.36. The molecule has 2 aromatic carbocycles. The molecule has 4 aliphatic carbocycles. The van der Waals surface area contributed by atoms with Crippen LogP contribution in [0.3, 0.4) is 0 Å². The first-order valence-electron chi connectivity index (χ1n) is 19.6. The van der Waals surface area contributed by atoms with Gasteiger partial charge in [0, 0.05) is 37.9 Å². The van der Waals surface area contributed by atoms with Crippen LogP contribution in [0.1, 0.15) is 75.3 Å². The van der Waals surface area contributed by atoms with Crippen molar-refractivity contribution in [2.45, 2.75) is 96.7 Å². The smallest absolute Gasteiger partial charge is 0.218 e. The van der Waals surface area contributed by atoms with Crippen molar-refractivity contribution in [2.75, 3.05) is 0 Å². The molecule has 2 bridgehead atoms. The summed E-state index contributed by atoms with van der Waals surface area (Å²) in [5.41, 5.74) is 7.73. The van der Waals surface area contributed by atoms with Gasteiger partial charge in [-0.2, -0.15) is 9.37 Å². The number of hydrogen-bond donors (Lipinski definition) is 0. The number of nitrogens with zero attached hydrogens (tertiary/aromatic N) is 3. The Morgan fingerprint density at radius 3 is 2.38 bits per heavy atom. The fraction of sp³-hybridized carbons (Fsp3) is 0.413. The van der Waals surface area contributed by atoms with Crippen molar-refractivity contribution in [3.63, 3.8) is 0 Å². The molecule has 4 nitrogen and oxygen atoms in total. The van der Waals surface area contributed by atoms with Crippen LogP contribution in [0.5, 0.6) is 0 Å². The van der Waals surface area contributed by atoms with E-state index in [-0.39, 0.29) is 20.1 Å². The number of rotatable bonds is 7. The van der Waals surface area contributed by atoms with Crippen LogP contribution in [0.25, 0.3) is 44.6 Å². The molecule has 4 saturated carbocycles. The van der Waals surface area contributed by atoms with Crippen molar-refractivity contribution >= 4 is 35.3 Å². The first-order valence-corrected chi connectivity index (χ1v) is 23.1. The summed E-state index contributed by atoms with van der Waals surface area (Å²) in [4.78, 5) is 13.3. The summed E-state index contributed by atoms with van der Waals surface area (Å²) in [5.74, 6) is 2.97. The third-order valence-corrected chi connectivity index (χ3v) is 14.1. The molecule has 0 aliphatic heterocycles. The predicted octanol–water partition coefficient (Wildman–Crippen LogP) is 11.6. The Hall–Kier alpha value is -3.51. The number of halogens is 1. The summed E-state index contributed by atoms with van der Waals surface area (Å²) >= 11 is 0. The molecule has 0 spiro atoms. The van der Waals surface area contributed by atoms with E-state index in [9.17, 15) is 4.39 Å². The van der Waals surface area contributed by atoms with Crippen LogP contribution >= 0.6 is 0 Å². The Kier molecular flexibility index (Phi) is 11.7. The van der Waals surface area contributed by atoms with Crippen LogP contribution in [0.15, 0.2) is 83.5 Å². The molecule has 10 rings (SSSR count). The fourth-order valence-electron chi connectivity index (χ4n) is 9.34. The van der Waals surface area contributed by atoms with E-state index in [0.717, 1.165) is 63.4 Å². The van der Waals surface area contributed by atoms with Crippen molar-refractivity contribution in [1.82, 2.24) is 15.0 Å². The number of aromatic nitrogens is 3. The van der Waals surface area contributed by atoms with Crippen LogP contribution in [0, 0.1) is 41.8 Å². The Morgan fingerprint density at radius 2 is 1.64 bits per heavy atom. The maximum absolute atomic E-state index is 13.5. The molecule has 4 heterocycles. The van der Waals surface area contributed by atoms with Crippen LogP contribution in [0.4, 0.5) is 4.39 Å². The average Bonchev–Trinajstić information content (AvgIpc) is 3.54. The van der Waals surface area contributed by atoms with E-state index >= 15 is 0 Å².